The van der Waals surface area contributed by atoms with Gasteiger partial charge in [-0.15, -0.1) is 0 Å². The van der Waals surface area contributed by atoms with E-state index in [1.807, 2.05) is 24.9 Å². The van der Waals surface area contributed by atoms with E-state index in [1.165, 1.54) is 12.8 Å². The van der Waals surface area contributed by atoms with Crippen LogP contribution >= 0.6 is 0 Å². The van der Waals surface area contributed by atoms with Crippen molar-refractivity contribution in [3.05, 3.63) is 24.0 Å². The molecule has 1 aliphatic heterocycles. The van der Waals surface area contributed by atoms with Crippen LogP contribution in [0.2, 0.25) is 0 Å². The Morgan fingerprint density at radius 2 is 2.19 bits per heavy atom. The normalized spacial score (nSPS) is 16.7. The summed E-state index contributed by atoms with van der Waals surface area (Å²) in [6, 6.07) is 1.86. The van der Waals surface area contributed by atoms with Crippen molar-refractivity contribution in [2.75, 3.05) is 45.6 Å². The number of rotatable bonds is 5. The summed E-state index contributed by atoms with van der Waals surface area (Å²) in [4.78, 5) is 20.9. The number of hydrogen-bond acceptors (Lipinski definition) is 4. The fourth-order valence-electron chi connectivity index (χ4n) is 2.83. The van der Waals surface area contributed by atoms with E-state index in [9.17, 15) is 4.79 Å². The minimum Gasteiger partial charge on any atom is -0.385 e. The molecule has 1 fully saturated rings. The van der Waals surface area contributed by atoms with Crippen LogP contribution in [0, 0.1) is 5.92 Å². The average molecular weight is 290 g/mol. The zero-order valence-electron chi connectivity index (χ0n) is 13.3. The maximum atomic E-state index is 12.6. The number of hydrogen-bond donors (Lipinski definition) is 1. The van der Waals surface area contributed by atoms with Crippen LogP contribution < -0.4 is 5.32 Å². The Bertz CT molecular complexity index is 469. The van der Waals surface area contributed by atoms with Crippen LogP contribution in [-0.4, -0.2) is 61.0 Å². The maximum absolute atomic E-state index is 12.6. The molecule has 21 heavy (non-hydrogen) atoms. The Labute approximate surface area is 127 Å². The first-order valence-corrected chi connectivity index (χ1v) is 7.73. The molecule has 1 amide bonds. The van der Waals surface area contributed by atoms with Crippen molar-refractivity contribution in [3.8, 4) is 0 Å². The van der Waals surface area contributed by atoms with Gasteiger partial charge in [0, 0.05) is 32.5 Å². The number of likely N-dealkylation sites (tertiary alicyclic amines) is 1. The lowest BCUT2D eigenvalue weighted by Gasteiger charge is -2.31. The molecule has 2 rings (SSSR count). The van der Waals surface area contributed by atoms with Crippen molar-refractivity contribution < 1.29 is 4.79 Å². The summed E-state index contributed by atoms with van der Waals surface area (Å²) < 4.78 is 0. The van der Waals surface area contributed by atoms with E-state index in [0.717, 1.165) is 31.9 Å². The van der Waals surface area contributed by atoms with E-state index in [2.05, 4.69) is 22.2 Å². The SMILES string of the molecule is CCNc1ccncc1C(=O)N(C)CC1CCN(C)CC1. The van der Waals surface area contributed by atoms with Gasteiger partial charge in [-0.3, -0.25) is 9.78 Å². The molecule has 0 aromatic carbocycles. The van der Waals surface area contributed by atoms with Crippen LogP contribution in [0.1, 0.15) is 30.1 Å². The maximum Gasteiger partial charge on any atom is 0.257 e. The predicted octanol–water partition coefficient (Wildman–Crippen LogP) is 1.93. The van der Waals surface area contributed by atoms with Gasteiger partial charge in [-0.1, -0.05) is 0 Å². The molecule has 1 aliphatic rings. The molecule has 0 aliphatic carbocycles. The molecule has 1 aromatic rings. The van der Waals surface area contributed by atoms with Crippen molar-refractivity contribution in [3.63, 3.8) is 0 Å². The third-order valence-electron chi connectivity index (χ3n) is 4.14. The number of piperidine rings is 1. The number of carbonyl (C=O) groups is 1. The summed E-state index contributed by atoms with van der Waals surface area (Å²) in [5.41, 5.74) is 1.53. The standard InChI is InChI=1S/C16H26N4O/c1-4-18-15-5-8-17-11-14(15)16(21)20(3)12-13-6-9-19(2)10-7-13/h5,8,11,13H,4,6-7,9-10,12H2,1-3H3,(H,17,18). The van der Waals surface area contributed by atoms with Gasteiger partial charge in [0.1, 0.15) is 0 Å². The smallest absolute Gasteiger partial charge is 0.257 e. The van der Waals surface area contributed by atoms with Gasteiger partial charge in [0.25, 0.3) is 5.91 Å². The average Bonchev–Trinajstić information content (AvgIpc) is 2.50. The Morgan fingerprint density at radius 1 is 1.48 bits per heavy atom. The second-order valence-corrected chi connectivity index (χ2v) is 5.88. The molecular formula is C16H26N4O. The van der Waals surface area contributed by atoms with Crippen molar-refractivity contribution in [1.29, 1.82) is 0 Å². The minimum absolute atomic E-state index is 0.0537. The third kappa shape index (κ3) is 4.17. The molecule has 0 unspecified atom stereocenters. The number of amides is 1. The molecule has 0 atom stereocenters. The first kappa shape index (κ1) is 15.8. The van der Waals surface area contributed by atoms with Crippen LogP contribution in [0.5, 0.6) is 0 Å². The van der Waals surface area contributed by atoms with Gasteiger partial charge in [-0.25, -0.2) is 0 Å². The lowest BCUT2D eigenvalue weighted by atomic mass is 9.96. The highest BCUT2D eigenvalue weighted by Gasteiger charge is 2.22. The third-order valence-corrected chi connectivity index (χ3v) is 4.14. The van der Waals surface area contributed by atoms with Gasteiger partial charge in [0.05, 0.1) is 11.3 Å². The minimum atomic E-state index is 0.0537. The summed E-state index contributed by atoms with van der Waals surface area (Å²) in [6.07, 6.45) is 5.71. The zero-order chi connectivity index (χ0) is 15.2. The van der Waals surface area contributed by atoms with Crippen LogP contribution in [-0.2, 0) is 0 Å². The van der Waals surface area contributed by atoms with Crippen LogP contribution in [0.4, 0.5) is 5.69 Å². The second-order valence-electron chi connectivity index (χ2n) is 5.88. The van der Waals surface area contributed by atoms with Gasteiger partial charge in [-0.05, 0) is 51.9 Å². The summed E-state index contributed by atoms with van der Waals surface area (Å²) in [5.74, 6) is 0.660. The molecule has 5 heteroatoms. The highest BCUT2D eigenvalue weighted by atomic mass is 16.2. The summed E-state index contributed by atoms with van der Waals surface area (Å²) in [5, 5.41) is 3.23. The van der Waals surface area contributed by atoms with E-state index in [4.69, 9.17) is 0 Å². The molecule has 1 saturated heterocycles. The molecule has 0 spiro atoms. The molecule has 116 valence electrons. The van der Waals surface area contributed by atoms with Gasteiger partial charge >= 0.3 is 0 Å². The summed E-state index contributed by atoms with van der Waals surface area (Å²) in [7, 11) is 4.05. The largest absolute Gasteiger partial charge is 0.385 e. The summed E-state index contributed by atoms with van der Waals surface area (Å²) >= 11 is 0. The van der Waals surface area contributed by atoms with Crippen molar-refractivity contribution in [2.45, 2.75) is 19.8 Å². The predicted molar refractivity (Wildman–Crippen MR) is 85.6 cm³/mol. The first-order valence-electron chi connectivity index (χ1n) is 7.73. The second kappa shape index (κ2) is 7.41. The van der Waals surface area contributed by atoms with E-state index >= 15 is 0 Å². The zero-order valence-corrected chi connectivity index (χ0v) is 13.3. The quantitative estimate of drug-likeness (QED) is 0.900. The molecular weight excluding hydrogens is 264 g/mol. The molecule has 5 nitrogen and oxygen atoms in total. The summed E-state index contributed by atoms with van der Waals surface area (Å²) in [6.45, 7) is 5.90. The molecule has 0 radical (unpaired) electrons. The monoisotopic (exact) mass is 290 g/mol. The van der Waals surface area contributed by atoms with Crippen LogP contribution in [0.25, 0.3) is 0 Å². The molecule has 1 N–H and O–H groups in total. The Kier molecular flexibility index (Phi) is 5.56. The highest BCUT2D eigenvalue weighted by Crippen LogP contribution is 2.20. The number of nitrogens with zero attached hydrogens (tertiary/aromatic N) is 3. The lowest BCUT2D eigenvalue weighted by Crippen LogP contribution is -2.38. The Hall–Kier alpha value is -1.62. The van der Waals surface area contributed by atoms with E-state index in [-0.39, 0.29) is 5.91 Å². The Balaban J connectivity index is 1.99. The molecule has 0 bridgehead atoms. The van der Waals surface area contributed by atoms with Gasteiger partial charge < -0.3 is 15.1 Å². The van der Waals surface area contributed by atoms with Crippen molar-refractivity contribution in [1.82, 2.24) is 14.8 Å². The van der Waals surface area contributed by atoms with E-state index < -0.39 is 0 Å². The molecule has 1 aromatic heterocycles. The van der Waals surface area contributed by atoms with E-state index in [1.54, 1.807) is 12.4 Å². The topological polar surface area (TPSA) is 48.5 Å². The molecule has 2 heterocycles. The first-order chi connectivity index (χ1) is 10.1. The van der Waals surface area contributed by atoms with Crippen molar-refractivity contribution >= 4 is 11.6 Å². The van der Waals surface area contributed by atoms with Crippen LogP contribution in [0.15, 0.2) is 18.5 Å². The van der Waals surface area contributed by atoms with Gasteiger partial charge in [-0.2, -0.15) is 0 Å². The highest BCUT2D eigenvalue weighted by molar-refractivity contribution is 5.99. The van der Waals surface area contributed by atoms with Crippen molar-refractivity contribution in [2.24, 2.45) is 5.92 Å². The van der Waals surface area contributed by atoms with Gasteiger partial charge in [0.2, 0.25) is 0 Å². The lowest BCUT2D eigenvalue weighted by molar-refractivity contribution is 0.0747. The number of carbonyl (C=O) groups excluding carboxylic acids is 1. The van der Waals surface area contributed by atoms with E-state index in [0.29, 0.717) is 11.5 Å². The number of aromatic nitrogens is 1. The fourth-order valence-corrected chi connectivity index (χ4v) is 2.83. The number of anilines is 1. The van der Waals surface area contributed by atoms with Crippen LogP contribution in [0.3, 0.4) is 0 Å². The molecule has 0 saturated carbocycles. The number of nitrogens with one attached hydrogen (secondary N) is 1. The Morgan fingerprint density at radius 3 is 2.86 bits per heavy atom. The van der Waals surface area contributed by atoms with Gasteiger partial charge in [0.15, 0.2) is 0 Å². The fraction of sp³-hybridized carbons (Fsp3) is 0.625. The number of pyridine rings is 1.